The predicted molar refractivity (Wildman–Crippen MR) is 83.9 cm³/mol. The molecule has 120 valence electrons. The van der Waals surface area contributed by atoms with E-state index >= 15 is 0 Å². The van der Waals surface area contributed by atoms with E-state index in [-0.39, 0.29) is 24.2 Å². The Morgan fingerprint density at radius 2 is 2.05 bits per heavy atom. The first-order chi connectivity index (χ1) is 10.7. The zero-order valence-electron chi connectivity index (χ0n) is 13.0. The van der Waals surface area contributed by atoms with Crippen LogP contribution in [0.3, 0.4) is 0 Å². The highest BCUT2D eigenvalue weighted by Gasteiger charge is 2.36. The van der Waals surface area contributed by atoms with Gasteiger partial charge < -0.3 is 19.7 Å². The fourth-order valence-electron chi connectivity index (χ4n) is 3.08. The largest absolute Gasteiger partial charge is 0.491 e. The average molecular weight is 304 g/mol. The average Bonchev–Trinajstić information content (AvgIpc) is 3.08. The van der Waals surface area contributed by atoms with Crippen molar-refractivity contribution in [3.8, 4) is 5.75 Å². The van der Waals surface area contributed by atoms with Crippen molar-refractivity contribution in [3.63, 3.8) is 0 Å². The molecular formula is C17H24N2O3. The van der Waals surface area contributed by atoms with Crippen LogP contribution in [0, 0.1) is 0 Å². The monoisotopic (exact) mass is 304 g/mol. The highest BCUT2D eigenvalue weighted by Crippen LogP contribution is 2.17. The van der Waals surface area contributed by atoms with Gasteiger partial charge in [-0.2, -0.15) is 0 Å². The number of nitrogens with zero attached hydrogens (tertiary/aromatic N) is 1. The van der Waals surface area contributed by atoms with Crippen molar-refractivity contribution in [1.82, 2.24) is 10.2 Å². The predicted octanol–water partition coefficient (Wildman–Crippen LogP) is 1.43. The number of amides is 1. The van der Waals surface area contributed by atoms with Crippen molar-refractivity contribution < 1.29 is 14.3 Å². The maximum Gasteiger partial charge on any atom is 0.242 e. The van der Waals surface area contributed by atoms with E-state index in [0.717, 1.165) is 31.7 Å². The molecular weight excluding hydrogens is 280 g/mol. The number of carbonyl (C=O) groups is 1. The molecule has 0 spiro atoms. The number of ether oxygens (including phenoxy) is 2. The zero-order chi connectivity index (χ0) is 15.4. The summed E-state index contributed by atoms with van der Waals surface area (Å²) >= 11 is 0. The van der Waals surface area contributed by atoms with E-state index in [2.05, 4.69) is 5.32 Å². The van der Waals surface area contributed by atoms with Crippen LogP contribution in [0.4, 0.5) is 0 Å². The Kier molecular flexibility index (Phi) is 4.95. The highest BCUT2D eigenvalue weighted by atomic mass is 16.5. The topological polar surface area (TPSA) is 50.8 Å². The zero-order valence-corrected chi connectivity index (χ0v) is 13.0. The van der Waals surface area contributed by atoms with E-state index in [0.29, 0.717) is 13.2 Å². The van der Waals surface area contributed by atoms with E-state index in [1.165, 1.54) is 0 Å². The normalized spacial score (nSPS) is 28.6. The third-order valence-corrected chi connectivity index (χ3v) is 4.30. The summed E-state index contributed by atoms with van der Waals surface area (Å²) in [6.45, 7) is 4.85. The second-order valence-corrected chi connectivity index (χ2v) is 6.01. The maximum absolute atomic E-state index is 12.4. The summed E-state index contributed by atoms with van der Waals surface area (Å²) in [4.78, 5) is 14.4. The summed E-state index contributed by atoms with van der Waals surface area (Å²) in [6, 6.07) is 9.48. The van der Waals surface area contributed by atoms with Crippen molar-refractivity contribution in [2.45, 2.75) is 38.0 Å². The number of benzene rings is 1. The van der Waals surface area contributed by atoms with Gasteiger partial charge in [0.25, 0.3) is 0 Å². The Hall–Kier alpha value is -1.59. The Balaban J connectivity index is 1.48. The van der Waals surface area contributed by atoms with Crippen molar-refractivity contribution >= 4 is 5.91 Å². The second-order valence-electron chi connectivity index (χ2n) is 6.01. The lowest BCUT2D eigenvalue weighted by atomic mass is 10.1. The van der Waals surface area contributed by atoms with Gasteiger partial charge in [-0.25, -0.2) is 0 Å². The van der Waals surface area contributed by atoms with Gasteiger partial charge in [0.2, 0.25) is 5.91 Å². The molecule has 0 saturated carbocycles. The van der Waals surface area contributed by atoms with Gasteiger partial charge >= 0.3 is 0 Å². The molecule has 2 aliphatic rings. The lowest BCUT2D eigenvalue weighted by Gasteiger charge is -2.36. The van der Waals surface area contributed by atoms with E-state index in [4.69, 9.17) is 9.47 Å². The van der Waals surface area contributed by atoms with Gasteiger partial charge in [-0.3, -0.25) is 4.79 Å². The van der Waals surface area contributed by atoms with Gasteiger partial charge in [-0.05, 0) is 31.9 Å². The molecule has 3 rings (SSSR count). The standard InChI is InChI=1S/C17H24N2O3/c1-13-16(17(20)19-9-5-6-10-19)18-11-15(22-13)12-21-14-7-3-2-4-8-14/h2-4,7-8,13,15-16,18H,5-6,9-12H2,1H3/t13-,15-,16+/m0/s1. The summed E-state index contributed by atoms with van der Waals surface area (Å²) in [5, 5.41) is 3.34. The summed E-state index contributed by atoms with van der Waals surface area (Å²) in [5.41, 5.74) is 0. The number of rotatable bonds is 4. The SMILES string of the molecule is C[C@@H]1O[C@H](COc2ccccc2)CN[C@H]1C(=O)N1CCCC1. The molecule has 2 heterocycles. The maximum atomic E-state index is 12.4. The van der Waals surface area contributed by atoms with Crippen LogP contribution in [-0.2, 0) is 9.53 Å². The molecule has 2 aliphatic heterocycles. The molecule has 1 aromatic carbocycles. The summed E-state index contributed by atoms with van der Waals surface area (Å²) in [5.74, 6) is 1.02. The minimum atomic E-state index is -0.230. The number of hydrogen-bond donors (Lipinski definition) is 1. The summed E-state index contributed by atoms with van der Waals surface area (Å²) < 4.78 is 11.7. The van der Waals surface area contributed by atoms with Crippen LogP contribution in [0.5, 0.6) is 5.75 Å². The third kappa shape index (κ3) is 3.59. The fourth-order valence-corrected chi connectivity index (χ4v) is 3.08. The quantitative estimate of drug-likeness (QED) is 0.914. The van der Waals surface area contributed by atoms with E-state index in [1.54, 1.807) is 0 Å². The van der Waals surface area contributed by atoms with Crippen molar-refractivity contribution in [1.29, 1.82) is 0 Å². The first-order valence-corrected chi connectivity index (χ1v) is 8.09. The molecule has 0 radical (unpaired) electrons. The first kappa shape index (κ1) is 15.3. The van der Waals surface area contributed by atoms with Crippen LogP contribution in [0.15, 0.2) is 30.3 Å². The lowest BCUT2D eigenvalue weighted by Crippen LogP contribution is -2.59. The molecule has 2 fully saturated rings. The number of para-hydroxylation sites is 1. The minimum absolute atomic E-state index is 0.0298. The Bertz CT molecular complexity index is 488. The number of nitrogens with one attached hydrogen (secondary N) is 1. The molecule has 1 aromatic rings. The van der Waals surface area contributed by atoms with Gasteiger partial charge in [-0.15, -0.1) is 0 Å². The van der Waals surface area contributed by atoms with Crippen LogP contribution in [-0.4, -0.2) is 55.3 Å². The van der Waals surface area contributed by atoms with Gasteiger partial charge in [-0.1, -0.05) is 18.2 Å². The Morgan fingerprint density at radius 3 is 2.73 bits per heavy atom. The lowest BCUT2D eigenvalue weighted by molar-refractivity contribution is -0.143. The number of carbonyl (C=O) groups excluding carboxylic acids is 1. The molecule has 2 saturated heterocycles. The van der Waals surface area contributed by atoms with Crippen LogP contribution < -0.4 is 10.1 Å². The fraction of sp³-hybridized carbons (Fsp3) is 0.588. The number of likely N-dealkylation sites (tertiary alicyclic amines) is 1. The molecule has 1 N–H and O–H groups in total. The van der Waals surface area contributed by atoms with Crippen LogP contribution in [0.25, 0.3) is 0 Å². The summed E-state index contributed by atoms with van der Waals surface area (Å²) in [7, 11) is 0. The van der Waals surface area contributed by atoms with E-state index in [9.17, 15) is 4.79 Å². The van der Waals surface area contributed by atoms with Crippen molar-refractivity contribution in [2.75, 3.05) is 26.2 Å². The third-order valence-electron chi connectivity index (χ3n) is 4.30. The molecule has 0 unspecified atom stereocenters. The van der Waals surface area contributed by atoms with Crippen molar-refractivity contribution in [3.05, 3.63) is 30.3 Å². The highest BCUT2D eigenvalue weighted by molar-refractivity contribution is 5.82. The van der Waals surface area contributed by atoms with E-state index < -0.39 is 0 Å². The van der Waals surface area contributed by atoms with Gasteiger partial charge in [0, 0.05) is 19.6 Å². The minimum Gasteiger partial charge on any atom is -0.491 e. The van der Waals surface area contributed by atoms with Gasteiger partial charge in [0.15, 0.2) is 0 Å². The summed E-state index contributed by atoms with van der Waals surface area (Å²) in [6.07, 6.45) is 2.06. The Labute approximate surface area is 131 Å². The molecule has 3 atom stereocenters. The molecule has 22 heavy (non-hydrogen) atoms. The van der Waals surface area contributed by atoms with Crippen molar-refractivity contribution in [2.24, 2.45) is 0 Å². The molecule has 1 amide bonds. The molecule has 0 bridgehead atoms. The molecule has 0 aromatic heterocycles. The van der Waals surface area contributed by atoms with Gasteiger partial charge in [0.1, 0.15) is 24.5 Å². The number of morpholine rings is 1. The smallest absolute Gasteiger partial charge is 0.242 e. The van der Waals surface area contributed by atoms with Crippen LogP contribution >= 0.6 is 0 Å². The number of hydrogen-bond acceptors (Lipinski definition) is 4. The molecule has 5 heteroatoms. The van der Waals surface area contributed by atoms with Crippen LogP contribution in [0.1, 0.15) is 19.8 Å². The molecule has 5 nitrogen and oxygen atoms in total. The van der Waals surface area contributed by atoms with Crippen LogP contribution in [0.2, 0.25) is 0 Å². The second kappa shape index (κ2) is 7.11. The molecule has 0 aliphatic carbocycles. The first-order valence-electron chi connectivity index (χ1n) is 8.09. The van der Waals surface area contributed by atoms with E-state index in [1.807, 2.05) is 42.2 Å². The van der Waals surface area contributed by atoms with Gasteiger partial charge in [0.05, 0.1) is 6.10 Å². The Morgan fingerprint density at radius 1 is 1.32 bits per heavy atom.